The van der Waals surface area contributed by atoms with Crippen molar-refractivity contribution in [3.05, 3.63) is 18.7 Å². The summed E-state index contributed by atoms with van der Waals surface area (Å²) in [4.78, 5) is 0. The van der Waals surface area contributed by atoms with Crippen LogP contribution in [0.1, 0.15) is 52.4 Å². The fourth-order valence-electron chi connectivity index (χ4n) is 2.19. The zero-order valence-corrected chi connectivity index (χ0v) is 13.9. The molecule has 4 heteroatoms. The van der Waals surface area contributed by atoms with E-state index in [1.165, 1.54) is 12.8 Å². The van der Waals surface area contributed by atoms with Gasteiger partial charge >= 0.3 is 0 Å². The van der Waals surface area contributed by atoms with Crippen LogP contribution in [0.3, 0.4) is 0 Å². The third-order valence-electron chi connectivity index (χ3n) is 3.35. The second kappa shape index (κ2) is 12.8. The molecule has 0 aliphatic carbocycles. The highest BCUT2D eigenvalue weighted by atomic mass is 16.5. The van der Waals surface area contributed by atoms with E-state index in [1.54, 1.807) is 0 Å². The van der Waals surface area contributed by atoms with Crippen LogP contribution in [0, 0.1) is 0 Å². The number of aryl methyl sites for hydroxylation is 2. The standard InChI is InChI=1S/C17H33N2O2/c1-3-13-20-15-7-5-9-18-11-12-19(17-18)10-6-8-16-21-14-4-2/h11-12,17H,3-10,13-16H2,1-2H3/q+1. The summed E-state index contributed by atoms with van der Waals surface area (Å²) in [5, 5.41) is 0. The summed E-state index contributed by atoms with van der Waals surface area (Å²) in [5.41, 5.74) is 0. The van der Waals surface area contributed by atoms with Crippen LogP contribution in [-0.2, 0) is 22.6 Å². The molecule has 122 valence electrons. The summed E-state index contributed by atoms with van der Waals surface area (Å²) in [6.07, 6.45) is 13.4. The number of nitrogens with zero attached hydrogens (tertiary/aromatic N) is 2. The molecule has 1 aromatic rings. The summed E-state index contributed by atoms with van der Waals surface area (Å²) in [7, 11) is 0. The second-order valence-corrected chi connectivity index (χ2v) is 5.53. The van der Waals surface area contributed by atoms with Crippen molar-refractivity contribution in [1.82, 2.24) is 4.57 Å². The maximum Gasteiger partial charge on any atom is 0.243 e. The average molecular weight is 297 g/mol. The predicted octanol–water partition coefficient (Wildman–Crippen LogP) is 3.19. The van der Waals surface area contributed by atoms with Crippen molar-refractivity contribution in [2.24, 2.45) is 0 Å². The van der Waals surface area contributed by atoms with E-state index < -0.39 is 0 Å². The molecule has 21 heavy (non-hydrogen) atoms. The molecule has 1 aromatic heterocycles. The van der Waals surface area contributed by atoms with Gasteiger partial charge in [0.05, 0.1) is 13.1 Å². The Morgan fingerprint density at radius 2 is 1.52 bits per heavy atom. The van der Waals surface area contributed by atoms with Crippen LogP contribution in [0.2, 0.25) is 0 Å². The molecule has 0 atom stereocenters. The third kappa shape index (κ3) is 9.64. The fraction of sp³-hybridized carbons (Fsp3) is 0.824. The van der Waals surface area contributed by atoms with Crippen LogP contribution >= 0.6 is 0 Å². The van der Waals surface area contributed by atoms with E-state index in [0.717, 1.165) is 65.2 Å². The molecule has 0 unspecified atom stereocenters. The highest BCUT2D eigenvalue weighted by Gasteiger charge is 2.03. The van der Waals surface area contributed by atoms with Crippen molar-refractivity contribution >= 4 is 0 Å². The van der Waals surface area contributed by atoms with E-state index in [1.807, 2.05) is 0 Å². The van der Waals surface area contributed by atoms with Gasteiger partial charge in [-0.25, -0.2) is 9.13 Å². The zero-order valence-electron chi connectivity index (χ0n) is 13.9. The number of hydrogen-bond acceptors (Lipinski definition) is 2. The molecule has 0 aliphatic heterocycles. The molecule has 0 saturated carbocycles. The van der Waals surface area contributed by atoms with Crippen LogP contribution in [-0.4, -0.2) is 31.0 Å². The Labute approximate surface area is 130 Å². The Morgan fingerprint density at radius 1 is 0.857 bits per heavy atom. The SMILES string of the molecule is CCCOCCCCn1cc[n+](CCCCOCCC)c1. The quantitative estimate of drug-likeness (QED) is 0.389. The first-order chi connectivity index (χ1) is 10.4. The van der Waals surface area contributed by atoms with Gasteiger partial charge in [-0.05, 0) is 38.5 Å². The zero-order chi connectivity index (χ0) is 15.2. The molecule has 0 aliphatic rings. The largest absolute Gasteiger partial charge is 0.381 e. The Balaban J connectivity index is 2.01. The van der Waals surface area contributed by atoms with E-state index >= 15 is 0 Å². The summed E-state index contributed by atoms with van der Waals surface area (Å²) in [6.45, 7) is 10.0. The minimum absolute atomic E-state index is 0.894. The highest BCUT2D eigenvalue weighted by Crippen LogP contribution is 1.97. The first-order valence-corrected chi connectivity index (χ1v) is 8.57. The van der Waals surface area contributed by atoms with Gasteiger partial charge in [-0.1, -0.05) is 13.8 Å². The molecule has 0 amide bonds. The molecule has 0 spiro atoms. The van der Waals surface area contributed by atoms with Gasteiger partial charge in [-0.2, -0.15) is 0 Å². The normalized spacial score (nSPS) is 11.1. The van der Waals surface area contributed by atoms with Gasteiger partial charge in [0.1, 0.15) is 12.4 Å². The Morgan fingerprint density at radius 3 is 2.19 bits per heavy atom. The van der Waals surface area contributed by atoms with E-state index in [9.17, 15) is 0 Å². The number of unbranched alkanes of at least 4 members (excludes halogenated alkanes) is 2. The minimum atomic E-state index is 0.894. The maximum absolute atomic E-state index is 5.49. The van der Waals surface area contributed by atoms with Gasteiger partial charge in [0.15, 0.2) is 0 Å². The van der Waals surface area contributed by atoms with Crippen molar-refractivity contribution in [2.45, 2.75) is 65.5 Å². The number of imidazole rings is 1. The molecule has 0 aromatic carbocycles. The Bertz CT molecular complexity index is 309. The van der Waals surface area contributed by atoms with Gasteiger partial charge in [0.25, 0.3) is 0 Å². The van der Waals surface area contributed by atoms with E-state index in [0.29, 0.717) is 0 Å². The summed E-state index contributed by atoms with van der Waals surface area (Å²) in [5.74, 6) is 0. The number of ether oxygens (including phenoxy) is 2. The summed E-state index contributed by atoms with van der Waals surface area (Å²) in [6, 6.07) is 0. The van der Waals surface area contributed by atoms with Gasteiger partial charge in [0.2, 0.25) is 6.33 Å². The molecule has 4 nitrogen and oxygen atoms in total. The molecule has 0 saturated heterocycles. The van der Waals surface area contributed by atoms with Crippen LogP contribution in [0.25, 0.3) is 0 Å². The lowest BCUT2D eigenvalue weighted by molar-refractivity contribution is -0.697. The molecule has 0 fully saturated rings. The van der Waals surface area contributed by atoms with Gasteiger partial charge < -0.3 is 9.47 Å². The van der Waals surface area contributed by atoms with Gasteiger partial charge in [-0.3, -0.25) is 0 Å². The Kier molecular flexibility index (Phi) is 11.1. The second-order valence-electron chi connectivity index (χ2n) is 5.53. The van der Waals surface area contributed by atoms with Crippen molar-refractivity contribution in [2.75, 3.05) is 26.4 Å². The van der Waals surface area contributed by atoms with Crippen molar-refractivity contribution in [3.8, 4) is 0 Å². The van der Waals surface area contributed by atoms with Crippen molar-refractivity contribution in [3.63, 3.8) is 0 Å². The summed E-state index contributed by atoms with van der Waals surface area (Å²) < 4.78 is 15.5. The van der Waals surface area contributed by atoms with Gasteiger partial charge in [-0.15, -0.1) is 0 Å². The predicted molar refractivity (Wildman–Crippen MR) is 85.3 cm³/mol. The maximum atomic E-state index is 5.49. The molecule has 0 bridgehead atoms. The summed E-state index contributed by atoms with van der Waals surface area (Å²) >= 11 is 0. The molecule has 1 rings (SSSR count). The van der Waals surface area contributed by atoms with Crippen LogP contribution in [0.5, 0.6) is 0 Å². The first-order valence-electron chi connectivity index (χ1n) is 8.57. The van der Waals surface area contributed by atoms with Crippen LogP contribution < -0.4 is 4.57 Å². The Hall–Kier alpha value is -0.870. The number of rotatable bonds is 14. The number of hydrogen-bond donors (Lipinski definition) is 0. The van der Waals surface area contributed by atoms with Crippen LogP contribution in [0.15, 0.2) is 18.7 Å². The van der Waals surface area contributed by atoms with Gasteiger partial charge in [0, 0.05) is 26.4 Å². The smallest absolute Gasteiger partial charge is 0.243 e. The fourth-order valence-corrected chi connectivity index (χ4v) is 2.19. The molecular weight excluding hydrogens is 264 g/mol. The molecule has 1 heterocycles. The van der Waals surface area contributed by atoms with E-state index in [4.69, 9.17) is 9.47 Å². The highest BCUT2D eigenvalue weighted by molar-refractivity contribution is 4.66. The van der Waals surface area contributed by atoms with Crippen LogP contribution in [0.4, 0.5) is 0 Å². The first kappa shape index (κ1) is 18.2. The number of aromatic nitrogens is 2. The molecule has 0 N–H and O–H groups in total. The average Bonchev–Trinajstić information content (AvgIpc) is 2.94. The molecule has 0 radical (unpaired) electrons. The minimum Gasteiger partial charge on any atom is -0.381 e. The lowest BCUT2D eigenvalue weighted by Gasteiger charge is -2.01. The molecular formula is C17H33N2O2+. The monoisotopic (exact) mass is 297 g/mol. The third-order valence-corrected chi connectivity index (χ3v) is 3.35. The lowest BCUT2D eigenvalue weighted by atomic mass is 10.3. The van der Waals surface area contributed by atoms with E-state index in [-0.39, 0.29) is 0 Å². The lowest BCUT2D eigenvalue weighted by Crippen LogP contribution is -2.31. The van der Waals surface area contributed by atoms with Crippen molar-refractivity contribution < 1.29 is 14.0 Å². The topological polar surface area (TPSA) is 27.3 Å². The van der Waals surface area contributed by atoms with Crippen molar-refractivity contribution in [1.29, 1.82) is 0 Å². The van der Waals surface area contributed by atoms with E-state index in [2.05, 4.69) is 41.7 Å².